The highest BCUT2D eigenvalue weighted by atomic mass is 16.2. The van der Waals surface area contributed by atoms with Gasteiger partial charge in [0.05, 0.1) is 6.04 Å². The van der Waals surface area contributed by atoms with Crippen LogP contribution in [0.2, 0.25) is 0 Å². The number of hydrogen-bond donors (Lipinski definition) is 2. The topological polar surface area (TPSA) is 55.1 Å². The molecule has 3 saturated carbocycles. The van der Waals surface area contributed by atoms with E-state index in [1.54, 1.807) is 0 Å². The van der Waals surface area contributed by atoms with Crippen LogP contribution >= 0.6 is 0 Å². The number of hydrogen-bond acceptors (Lipinski definition) is 2. The van der Waals surface area contributed by atoms with Crippen molar-refractivity contribution in [1.29, 1.82) is 0 Å². The van der Waals surface area contributed by atoms with E-state index in [-0.39, 0.29) is 5.91 Å². The zero-order valence-electron chi connectivity index (χ0n) is 11.7. The fraction of sp³-hybridized carbons (Fsp3) is 0.588. The third-order valence-corrected chi connectivity index (χ3v) is 5.68. The Morgan fingerprint density at radius 2 is 1.85 bits per heavy atom. The molecule has 1 amide bonds. The smallest absolute Gasteiger partial charge is 0.237 e. The van der Waals surface area contributed by atoms with Crippen LogP contribution in [0.1, 0.15) is 24.8 Å². The van der Waals surface area contributed by atoms with Crippen molar-refractivity contribution in [1.82, 2.24) is 5.32 Å². The average Bonchev–Trinajstić information content (AvgIpc) is 2.84. The van der Waals surface area contributed by atoms with Crippen LogP contribution in [-0.4, -0.2) is 18.0 Å². The summed E-state index contributed by atoms with van der Waals surface area (Å²) >= 11 is 0. The first kappa shape index (κ1) is 12.4. The number of amides is 1. The van der Waals surface area contributed by atoms with Crippen molar-refractivity contribution in [3.05, 3.63) is 35.9 Å². The highest BCUT2D eigenvalue weighted by molar-refractivity contribution is 5.82. The Morgan fingerprint density at radius 3 is 2.50 bits per heavy atom. The molecule has 20 heavy (non-hydrogen) atoms. The van der Waals surface area contributed by atoms with Crippen molar-refractivity contribution < 1.29 is 4.79 Å². The molecule has 3 heteroatoms. The van der Waals surface area contributed by atoms with Gasteiger partial charge in [0, 0.05) is 6.04 Å². The molecule has 0 saturated heterocycles. The number of nitrogens with two attached hydrogens (primary N) is 1. The molecule has 0 aliphatic heterocycles. The predicted molar refractivity (Wildman–Crippen MR) is 77.9 cm³/mol. The zero-order chi connectivity index (χ0) is 13.7. The molecule has 3 N–H and O–H groups in total. The minimum Gasteiger partial charge on any atom is -0.351 e. The van der Waals surface area contributed by atoms with Gasteiger partial charge in [-0.2, -0.15) is 0 Å². The van der Waals surface area contributed by atoms with Crippen LogP contribution in [-0.2, 0) is 11.2 Å². The van der Waals surface area contributed by atoms with Gasteiger partial charge < -0.3 is 11.1 Å². The Kier molecular flexibility index (Phi) is 2.84. The molecule has 2 bridgehead atoms. The second-order valence-electron chi connectivity index (χ2n) is 6.82. The second-order valence-corrected chi connectivity index (χ2v) is 6.82. The van der Waals surface area contributed by atoms with Crippen molar-refractivity contribution in [2.24, 2.45) is 29.4 Å². The van der Waals surface area contributed by atoms with E-state index in [0.717, 1.165) is 29.2 Å². The van der Waals surface area contributed by atoms with E-state index in [0.29, 0.717) is 12.5 Å². The summed E-state index contributed by atoms with van der Waals surface area (Å²) in [5.41, 5.74) is 7.18. The molecule has 3 aliphatic rings. The molecule has 4 rings (SSSR count). The van der Waals surface area contributed by atoms with Gasteiger partial charge in [0.1, 0.15) is 0 Å². The molecule has 0 radical (unpaired) electrons. The van der Waals surface area contributed by atoms with Crippen molar-refractivity contribution in [3.8, 4) is 0 Å². The minimum absolute atomic E-state index is 0.0349. The molecule has 5 atom stereocenters. The summed E-state index contributed by atoms with van der Waals surface area (Å²) in [6.07, 6.45) is 4.81. The van der Waals surface area contributed by atoms with Gasteiger partial charge in [-0.05, 0) is 54.9 Å². The van der Waals surface area contributed by atoms with Crippen LogP contribution in [0.5, 0.6) is 0 Å². The van der Waals surface area contributed by atoms with Crippen molar-refractivity contribution >= 4 is 5.91 Å². The van der Waals surface area contributed by atoms with Gasteiger partial charge in [0.2, 0.25) is 5.91 Å². The van der Waals surface area contributed by atoms with Crippen molar-refractivity contribution in [2.75, 3.05) is 0 Å². The molecule has 0 spiro atoms. The van der Waals surface area contributed by atoms with Crippen LogP contribution < -0.4 is 11.1 Å². The van der Waals surface area contributed by atoms with E-state index < -0.39 is 6.04 Å². The molecule has 1 aromatic carbocycles. The summed E-state index contributed by atoms with van der Waals surface area (Å²) in [6.45, 7) is 0. The van der Waals surface area contributed by atoms with Gasteiger partial charge in [-0.25, -0.2) is 0 Å². The number of benzene rings is 1. The average molecular weight is 270 g/mol. The summed E-state index contributed by atoms with van der Waals surface area (Å²) in [4.78, 5) is 12.2. The highest BCUT2D eigenvalue weighted by Crippen LogP contribution is 2.65. The SMILES string of the molecule is N[C@H](Cc1ccccc1)C(=O)NC1C2C3CCC(C3)C12. The van der Waals surface area contributed by atoms with Crippen molar-refractivity contribution in [3.63, 3.8) is 0 Å². The predicted octanol–water partition coefficient (Wildman–Crippen LogP) is 1.72. The number of nitrogens with one attached hydrogen (secondary N) is 1. The maximum atomic E-state index is 12.2. The zero-order valence-corrected chi connectivity index (χ0v) is 11.7. The maximum absolute atomic E-state index is 12.2. The van der Waals surface area contributed by atoms with E-state index in [9.17, 15) is 4.79 Å². The van der Waals surface area contributed by atoms with E-state index >= 15 is 0 Å². The molecule has 3 fully saturated rings. The van der Waals surface area contributed by atoms with Gasteiger partial charge >= 0.3 is 0 Å². The van der Waals surface area contributed by atoms with E-state index in [2.05, 4.69) is 5.32 Å². The van der Waals surface area contributed by atoms with Gasteiger partial charge in [-0.1, -0.05) is 30.3 Å². The molecular formula is C17H22N2O. The molecule has 1 aromatic rings. The molecule has 3 aliphatic carbocycles. The van der Waals surface area contributed by atoms with E-state index in [1.807, 2.05) is 30.3 Å². The van der Waals surface area contributed by atoms with Gasteiger partial charge in [0.15, 0.2) is 0 Å². The lowest BCUT2D eigenvalue weighted by Gasteiger charge is -2.15. The molecule has 0 heterocycles. The van der Waals surface area contributed by atoms with E-state index in [1.165, 1.54) is 19.3 Å². The standard InChI is InChI=1S/C17H22N2O/c18-13(8-10-4-2-1-3-5-10)17(20)19-16-14-11-6-7-12(9-11)15(14)16/h1-5,11-16H,6-9,18H2,(H,19,20)/t11?,12?,13-,14?,15?,16?/m1/s1. The Hall–Kier alpha value is -1.35. The fourth-order valence-electron chi connectivity index (χ4n) is 4.75. The summed E-state index contributed by atoms with van der Waals surface area (Å²) in [6, 6.07) is 10.0. The van der Waals surface area contributed by atoms with Crippen molar-refractivity contribution in [2.45, 2.75) is 37.8 Å². The minimum atomic E-state index is -0.420. The normalized spacial score (nSPS) is 38.4. The Bertz CT molecular complexity index is 499. The highest BCUT2D eigenvalue weighted by Gasteiger charge is 2.65. The fourth-order valence-corrected chi connectivity index (χ4v) is 4.75. The molecular weight excluding hydrogens is 248 g/mol. The van der Waals surface area contributed by atoms with Crippen LogP contribution in [0.4, 0.5) is 0 Å². The van der Waals surface area contributed by atoms with E-state index in [4.69, 9.17) is 5.73 Å². The second kappa shape index (κ2) is 4.59. The summed E-state index contributed by atoms with van der Waals surface area (Å²) in [7, 11) is 0. The summed E-state index contributed by atoms with van der Waals surface area (Å²) in [5, 5.41) is 3.21. The van der Waals surface area contributed by atoms with Gasteiger partial charge in [-0.3, -0.25) is 4.79 Å². The third-order valence-electron chi connectivity index (χ3n) is 5.68. The lowest BCUT2D eigenvalue weighted by molar-refractivity contribution is -0.122. The summed E-state index contributed by atoms with van der Waals surface area (Å²) < 4.78 is 0. The summed E-state index contributed by atoms with van der Waals surface area (Å²) in [5.74, 6) is 3.37. The van der Waals surface area contributed by atoms with Gasteiger partial charge in [0.25, 0.3) is 0 Å². The first-order chi connectivity index (χ1) is 9.74. The molecule has 4 unspecified atom stereocenters. The Labute approximate surface area is 119 Å². The quantitative estimate of drug-likeness (QED) is 0.875. The molecule has 0 aromatic heterocycles. The Balaban J connectivity index is 1.33. The number of carbonyl (C=O) groups is 1. The number of fused-ring (bicyclic) bond motifs is 5. The first-order valence-electron chi connectivity index (χ1n) is 7.84. The Morgan fingerprint density at radius 1 is 1.20 bits per heavy atom. The molecule has 106 valence electrons. The number of rotatable bonds is 4. The van der Waals surface area contributed by atoms with Crippen LogP contribution in [0.3, 0.4) is 0 Å². The van der Waals surface area contributed by atoms with Crippen LogP contribution in [0.25, 0.3) is 0 Å². The van der Waals surface area contributed by atoms with Gasteiger partial charge in [-0.15, -0.1) is 0 Å². The largest absolute Gasteiger partial charge is 0.351 e. The van der Waals surface area contributed by atoms with Crippen LogP contribution in [0.15, 0.2) is 30.3 Å². The monoisotopic (exact) mass is 270 g/mol. The lowest BCUT2D eigenvalue weighted by atomic mass is 10.0. The lowest BCUT2D eigenvalue weighted by Crippen LogP contribution is -2.44. The molecule has 3 nitrogen and oxygen atoms in total. The number of carbonyl (C=O) groups excluding carboxylic acids is 1. The third kappa shape index (κ3) is 1.96. The van der Waals surface area contributed by atoms with Crippen LogP contribution in [0, 0.1) is 23.7 Å². The first-order valence-corrected chi connectivity index (χ1v) is 7.84. The maximum Gasteiger partial charge on any atom is 0.237 e.